The van der Waals surface area contributed by atoms with Crippen molar-refractivity contribution in [3.8, 4) is 17.2 Å². The van der Waals surface area contributed by atoms with Gasteiger partial charge in [0.25, 0.3) is 0 Å². The van der Waals surface area contributed by atoms with Crippen molar-refractivity contribution >= 4 is 18.1 Å². The average Bonchev–Trinajstić information content (AvgIpc) is 2.16. The number of anilines is 1. The van der Waals surface area contributed by atoms with E-state index in [1.54, 1.807) is 33.5 Å². The van der Waals surface area contributed by atoms with Crippen LogP contribution in [0, 0.1) is 0 Å². The molecule has 0 aromatic heterocycles. The van der Waals surface area contributed by atoms with Gasteiger partial charge < -0.3 is 19.9 Å². The van der Waals surface area contributed by atoms with Crippen LogP contribution in [0.1, 0.15) is 0 Å². The number of halogens is 1. The third-order valence-electron chi connectivity index (χ3n) is 1.69. The molecule has 2 N–H and O–H groups in total. The Kier molecular flexibility index (Phi) is 4.94. The molecule has 0 aliphatic heterocycles. The molecule has 0 fully saturated rings. The van der Waals surface area contributed by atoms with Crippen LogP contribution in [0.15, 0.2) is 12.1 Å². The molecule has 5 heteroatoms. The van der Waals surface area contributed by atoms with Gasteiger partial charge in [0.05, 0.1) is 21.3 Å². The monoisotopic (exact) mass is 219 g/mol. The maximum Gasteiger partial charge on any atom is 0.203 e. The van der Waals surface area contributed by atoms with Crippen LogP contribution in [0.25, 0.3) is 0 Å². The summed E-state index contributed by atoms with van der Waals surface area (Å²) in [6.07, 6.45) is 0. The van der Waals surface area contributed by atoms with E-state index in [1.807, 2.05) is 0 Å². The zero-order valence-corrected chi connectivity index (χ0v) is 9.18. The van der Waals surface area contributed by atoms with Crippen LogP contribution in [-0.4, -0.2) is 21.3 Å². The molecule has 0 bridgehead atoms. The molecule has 1 rings (SSSR count). The van der Waals surface area contributed by atoms with Crippen molar-refractivity contribution in [3.05, 3.63) is 12.1 Å². The summed E-state index contributed by atoms with van der Waals surface area (Å²) in [4.78, 5) is 0. The lowest BCUT2D eigenvalue weighted by Gasteiger charge is -2.12. The second-order valence-corrected chi connectivity index (χ2v) is 2.46. The molecule has 0 aliphatic rings. The number of hydrogen-bond acceptors (Lipinski definition) is 4. The van der Waals surface area contributed by atoms with Crippen molar-refractivity contribution in [3.63, 3.8) is 0 Å². The second-order valence-electron chi connectivity index (χ2n) is 2.46. The van der Waals surface area contributed by atoms with Crippen LogP contribution < -0.4 is 19.9 Å². The Balaban J connectivity index is 0.00000169. The lowest BCUT2D eigenvalue weighted by Crippen LogP contribution is -1.96. The summed E-state index contributed by atoms with van der Waals surface area (Å²) in [5, 5.41) is 0. The van der Waals surface area contributed by atoms with Crippen molar-refractivity contribution < 1.29 is 14.2 Å². The van der Waals surface area contributed by atoms with Gasteiger partial charge in [0.1, 0.15) is 0 Å². The topological polar surface area (TPSA) is 53.7 Å². The van der Waals surface area contributed by atoms with Gasteiger partial charge in [-0.2, -0.15) is 0 Å². The quantitative estimate of drug-likeness (QED) is 0.787. The van der Waals surface area contributed by atoms with E-state index < -0.39 is 0 Å². The lowest BCUT2D eigenvalue weighted by atomic mass is 10.2. The molecular weight excluding hydrogens is 206 g/mol. The van der Waals surface area contributed by atoms with E-state index >= 15 is 0 Å². The van der Waals surface area contributed by atoms with Gasteiger partial charge in [-0.25, -0.2) is 0 Å². The highest BCUT2D eigenvalue weighted by atomic mass is 35.5. The molecule has 0 radical (unpaired) electrons. The second kappa shape index (κ2) is 5.44. The number of benzene rings is 1. The third-order valence-corrected chi connectivity index (χ3v) is 1.69. The van der Waals surface area contributed by atoms with Crippen molar-refractivity contribution in [2.45, 2.75) is 0 Å². The van der Waals surface area contributed by atoms with Gasteiger partial charge in [-0.05, 0) is 0 Å². The fourth-order valence-corrected chi connectivity index (χ4v) is 1.10. The Bertz CT molecular complexity index is 279. The summed E-state index contributed by atoms with van der Waals surface area (Å²) in [6.45, 7) is 0. The van der Waals surface area contributed by atoms with Gasteiger partial charge >= 0.3 is 0 Å². The molecule has 0 saturated heterocycles. The molecule has 14 heavy (non-hydrogen) atoms. The van der Waals surface area contributed by atoms with Crippen molar-refractivity contribution in [2.75, 3.05) is 27.1 Å². The fraction of sp³-hybridized carbons (Fsp3) is 0.333. The highest BCUT2D eigenvalue weighted by Gasteiger charge is 2.11. The molecule has 0 amide bonds. The summed E-state index contributed by atoms with van der Waals surface area (Å²) in [5.74, 6) is 1.69. The third kappa shape index (κ3) is 2.35. The highest BCUT2D eigenvalue weighted by molar-refractivity contribution is 5.85. The van der Waals surface area contributed by atoms with Crippen molar-refractivity contribution in [1.82, 2.24) is 0 Å². The predicted molar refractivity (Wildman–Crippen MR) is 57.8 cm³/mol. The SMILES string of the molecule is COc1cc(N)cc(OC)c1OC.Cl. The molecule has 80 valence electrons. The molecule has 0 spiro atoms. The van der Waals surface area contributed by atoms with Gasteiger partial charge in [0, 0.05) is 17.8 Å². The Morgan fingerprint density at radius 2 is 1.36 bits per heavy atom. The van der Waals surface area contributed by atoms with Crippen LogP contribution >= 0.6 is 12.4 Å². The van der Waals surface area contributed by atoms with Gasteiger partial charge in [0.15, 0.2) is 11.5 Å². The van der Waals surface area contributed by atoms with E-state index in [4.69, 9.17) is 19.9 Å². The molecule has 1 aromatic rings. The maximum atomic E-state index is 5.62. The number of ether oxygens (including phenoxy) is 3. The zero-order valence-electron chi connectivity index (χ0n) is 8.37. The minimum atomic E-state index is 0. The van der Waals surface area contributed by atoms with Crippen LogP contribution in [0.5, 0.6) is 17.2 Å². The number of methoxy groups -OCH3 is 3. The van der Waals surface area contributed by atoms with Crippen LogP contribution in [0.2, 0.25) is 0 Å². The first-order chi connectivity index (χ1) is 6.22. The van der Waals surface area contributed by atoms with Crippen molar-refractivity contribution in [2.24, 2.45) is 0 Å². The Hall–Kier alpha value is -1.29. The molecule has 1 aromatic carbocycles. The smallest absolute Gasteiger partial charge is 0.203 e. The Labute approximate surface area is 89.4 Å². The minimum absolute atomic E-state index is 0. The summed E-state index contributed by atoms with van der Waals surface area (Å²) >= 11 is 0. The van der Waals surface area contributed by atoms with Gasteiger partial charge in [-0.3, -0.25) is 0 Å². The summed E-state index contributed by atoms with van der Waals surface area (Å²) in [6, 6.07) is 3.36. The molecule has 0 unspecified atom stereocenters. The normalized spacial score (nSPS) is 8.79. The minimum Gasteiger partial charge on any atom is -0.493 e. The number of nitrogens with two attached hydrogens (primary N) is 1. The predicted octanol–water partition coefficient (Wildman–Crippen LogP) is 1.72. The molecule has 0 saturated carbocycles. The van der Waals surface area contributed by atoms with E-state index in [2.05, 4.69) is 0 Å². The number of hydrogen-bond donors (Lipinski definition) is 1. The lowest BCUT2D eigenvalue weighted by molar-refractivity contribution is 0.325. The summed E-state index contributed by atoms with van der Waals surface area (Å²) < 4.78 is 15.3. The summed E-state index contributed by atoms with van der Waals surface area (Å²) in [7, 11) is 4.66. The highest BCUT2D eigenvalue weighted by Crippen LogP contribution is 2.38. The van der Waals surface area contributed by atoms with Crippen molar-refractivity contribution in [1.29, 1.82) is 0 Å². The first kappa shape index (κ1) is 12.7. The van der Waals surface area contributed by atoms with E-state index in [0.717, 1.165) is 0 Å². The van der Waals surface area contributed by atoms with E-state index in [-0.39, 0.29) is 12.4 Å². The molecule has 0 atom stereocenters. The van der Waals surface area contributed by atoms with E-state index in [0.29, 0.717) is 22.9 Å². The van der Waals surface area contributed by atoms with E-state index in [1.165, 1.54) is 0 Å². The molecule has 4 nitrogen and oxygen atoms in total. The Morgan fingerprint density at radius 1 is 0.929 bits per heavy atom. The number of rotatable bonds is 3. The number of nitrogen functional groups attached to an aromatic ring is 1. The fourth-order valence-electron chi connectivity index (χ4n) is 1.10. The van der Waals surface area contributed by atoms with Crippen LogP contribution in [-0.2, 0) is 0 Å². The van der Waals surface area contributed by atoms with E-state index in [9.17, 15) is 0 Å². The zero-order chi connectivity index (χ0) is 9.84. The Morgan fingerprint density at radius 3 is 1.64 bits per heavy atom. The first-order valence-corrected chi connectivity index (χ1v) is 3.78. The maximum absolute atomic E-state index is 5.62. The van der Waals surface area contributed by atoms with Crippen LogP contribution in [0.4, 0.5) is 5.69 Å². The largest absolute Gasteiger partial charge is 0.493 e. The summed E-state index contributed by atoms with van der Waals surface area (Å²) in [5.41, 5.74) is 6.20. The molecular formula is C9H14ClNO3. The average molecular weight is 220 g/mol. The molecule has 0 heterocycles. The molecule has 0 aliphatic carbocycles. The van der Waals surface area contributed by atoms with Crippen LogP contribution in [0.3, 0.4) is 0 Å². The van der Waals surface area contributed by atoms with Gasteiger partial charge in [-0.1, -0.05) is 0 Å². The first-order valence-electron chi connectivity index (χ1n) is 3.78. The standard InChI is InChI=1S/C9H13NO3.ClH/c1-11-7-4-6(10)5-8(12-2)9(7)13-3;/h4-5H,10H2,1-3H3;1H. The van der Waals surface area contributed by atoms with Gasteiger partial charge in [0.2, 0.25) is 5.75 Å². The van der Waals surface area contributed by atoms with Gasteiger partial charge in [-0.15, -0.1) is 12.4 Å².